The Morgan fingerprint density at radius 1 is 1.04 bits per heavy atom. The van der Waals surface area contributed by atoms with Gasteiger partial charge in [-0.2, -0.15) is 5.26 Å². The quantitative estimate of drug-likeness (QED) is 0.797. The van der Waals surface area contributed by atoms with Crippen LogP contribution in [-0.2, 0) is 19.1 Å². The summed E-state index contributed by atoms with van der Waals surface area (Å²) in [5, 5.41) is 12.3. The SMILES string of the molecule is CC(C)(C)OC(=O)C[C@H]1CNC(C#N)[C@H]1CC(=O)OC(C)(C)C. The molecule has 130 valence electrons. The molecule has 1 heterocycles. The third kappa shape index (κ3) is 7.00. The molecule has 6 nitrogen and oxygen atoms in total. The Hall–Kier alpha value is -1.61. The first-order valence-electron chi connectivity index (χ1n) is 7.98. The molecule has 0 bridgehead atoms. The molecule has 0 aromatic rings. The molecule has 3 atom stereocenters. The normalized spacial score (nSPS) is 24.8. The summed E-state index contributed by atoms with van der Waals surface area (Å²) in [6.45, 7) is 11.4. The van der Waals surface area contributed by atoms with Gasteiger partial charge in [0.05, 0.1) is 18.5 Å². The third-order valence-electron chi connectivity index (χ3n) is 3.44. The third-order valence-corrected chi connectivity index (χ3v) is 3.44. The Morgan fingerprint density at radius 3 is 1.96 bits per heavy atom. The monoisotopic (exact) mass is 324 g/mol. The van der Waals surface area contributed by atoms with Crippen molar-refractivity contribution in [3.05, 3.63) is 0 Å². The van der Waals surface area contributed by atoms with Gasteiger partial charge in [-0.15, -0.1) is 0 Å². The minimum atomic E-state index is -0.564. The Kier molecular flexibility index (Phi) is 6.18. The lowest BCUT2D eigenvalue weighted by Gasteiger charge is -2.25. The summed E-state index contributed by atoms with van der Waals surface area (Å²) in [5.74, 6) is -1.01. The summed E-state index contributed by atoms with van der Waals surface area (Å²) in [5.41, 5.74) is -1.11. The van der Waals surface area contributed by atoms with Gasteiger partial charge in [0.15, 0.2) is 0 Å². The molecule has 1 aliphatic heterocycles. The molecule has 0 aromatic heterocycles. The van der Waals surface area contributed by atoms with E-state index in [4.69, 9.17) is 9.47 Å². The molecule has 0 aromatic carbocycles. The van der Waals surface area contributed by atoms with Gasteiger partial charge in [-0.25, -0.2) is 0 Å². The molecule has 0 saturated carbocycles. The standard InChI is InChI=1S/C17H28N2O4/c1-16(2,3)22-14(20)7-11-10-19-13(9-18)12(11)8-15(21)23-17(4,5)6/h11-13,19H,7-8,10H2,1-6H3/t11-,12-,13?/m0/s1. The van der Waals surface area contributed by atoms with E-state index in [1.165, 1.54) is 0 Å². The maximum absolute atomic E-state index is 12.1. The van der Waals surface area contributed by atoms with E-state index in [1.54, 1.807) is 20.8 Å². The van der Waals surface area contributed by atoms with Crippen LogP contribution in [0.15, 0.2) is 0 Å². The van der Waals surface area contributed by atoms with Crippen molar-refractivity contribution >= 4 is 11.9 Å². The first-order chi connectivity index (χ1) is 10.4. The number of carbonyl (C=O) groups is 2. The summed E-state index contributed by atoms with van der Waals surface area (Å²) < 4.78 is 10.7. The Morgan fingerprint density at radius 2 is 1.52 bits per heavy atom. The van der Waals surface area contributed by atoms with Crippen molar-refractivity contribution in [1.29, 1.82) is 5.26 Å². The summed E-state index contributed by atoms with van der Waals surface area (Å²) in [4.78, 5) is 24.1. The van der Waals surface area contributed by atoms with E-state index in [9.17, 15) is 14.9 Å². The van der Waals surface area contributed by atoms with Gasteiger partial charge >= 0.3 is 11.9 Å². The maximum atomic E-state index is 12.1. The highest BCUT2D eigenvalue weighted by Gasteiger charge is 2.39. The van der Waals surface area contributed by atoms with Crippen molar-refractivity contribution in [3.8, 4) is 6.07 Å². The van der Waals surface area contributed by atoms with Crippen molar-refractivity contribution < 1.29 is 19.1 Å². The zero-order chi connectivity index (χ0) is 17.8. The predicted octanol–water partition coefficient (Wildman–Crippen LogP) is 2.18. The van der Waals surface area contributed by atoms with Gasteiger partial charge in [0.25, 0.3) is 0 Å². The van der Waals surface area contributed by atoms with Crippen molar-refractivity contribution in [2.24, 2.45) is 11.8 Å². The lowest BCUT2D eigenvalue weighted by Crippen LogP contribution is -2.32. The zero-order valence-corrected chi connectivity index (χ0v) is 14.9. The van der Waals surface area contributed by atoms with Crippen LogP contribution in [0.1, 0.15) is 54.4 Å². The molecule has 1 fully saturated rings. The van der Waals surface area contributed by atoms with Crippen LogP contribution in [0, 0.1) is 23.2 Å². The number of rotatable bonds is 4. The van der Waals surface area contributed by atoms with Crippen molar-refractivity contribution in [1.82, 2.24) is 5.32 Å². The highest BCUT2D eigenvalue weighted by atomic mass is 16.6. The molecule has 23 heavy (non-hydrogen) atoms. The molecule has 1 saturated heterocycles. The van der Waals surface area contributed by atoms with Crippen LogP contribution >= 0.6 is 0 Å². The van der Waals surface area contributed by atoms with E-state index in [0.29, 0.717) is 6.54 Å². The molecular formula is C17H28N2O4. The predicted molar refractivity (Wildman–Crippen MR) is 85.3 cm³/mol. The van der Waals surface area contributed by atoms with Crippen LogP contribution in [0.2, 0.25) is 0 Å². The summed E-state index contributed by atoms with van der Waals surface area (Å²) in [6.07, 6.45) is 0.311. The highest BCUT2D eigenvalue weighted by molar-refractivity contribution is 5.72. The second-order valence-corrected chi connectivity index (χ2v) is 8.02. The van der Waals surface area contributed by atoms with Crippen LogP contribution in [0.3, 0.4) is 0 Å². The average Bonchev–Trinajstić information content (AvgIpc) is 2.66. The van der Waals surface area contributed by atoms with E-state index in [0.717, 1.165) is 0 Å². The smallest absolute Gasteiger partial charge is 0.306 e. The first-order valence-corrected chi connectivity index (χ1v) is 7.98. The van der Waals surface area contributed by atoms with Gasteiger partial charge in [0.1, 0.15) is 11.2 Å². The Labute approximate surface area is 138 Å². The Balaban J connectivity index is 2.70. The number of carbonyl (C=O) groups excluding carboxylic acids is 2. The molecular weight excluding hydrogens is 296 g/mol. The number of hydrogen-bond donors (Lipinski definition) is 1. The average molecular weight is 324 g/mol. The van der Waals surface area contributed by atoms with Crippen LogP contribution in [0.25, 0.3) is 0 Å². The summed E-state index contributed by atoms with van der Waals surface area (Å²) in [6, 6.07) is 1.71. The van der Waals surface area contributed by atoms with Crippen molar-refractivity contribution in [2.45, 2.75) is 71.6 Å². The van der Waals surface area contributed by atoms with Gasteiger partial charge < -0.3 is 14.8 Å². The topological polar surface area (TPSA) is 88.4 Å². The summed E-state index contributed by atoms with van der Waals surface area (Å²) in [7, 11) is 0. The molecule has 6 heteroatoms. The lowest BCUT2D eigenvalue weighted by atomic mass is 9.86. The molecule has 1 unspecified atom stereocenters. The minimum Gasteiger partial charge on any atom is -0.460 e. The molecule has 0 aliphatic carbocycles. The molecule has 0 spiro atoms. The second kappa shape index (κ2) is 7.31. The number of nitriles is 1. The van der Waals surface area contributed by atoms with E-state index in [1.807, 2.05) is 20.8 Å². The van der Waals surface area contributed by atoms with Crippen LogP contribution < -0.4 is 5.32 Å². The number of nitrogens with one attached hydrogen (secondary N) is 1. The van der Waals surface area contributed by atoms with E-state index >= 15 is 0 Å². The molecule has 0 amide bonds. The number of hydrogen-bond acceptors (Lipinski definition) is 6. The lowest BCUT2D eigenvalue weighted by molar-refractivity contribution is -0.159. The highest BCUT2D eigenvalue weighted by Crippen LogP contribution is 2.30. The fourth-order valence-electron chi connectivity index (χ4n) is 2.68. The van der Waals surface area contributed by atoms with Gasteiger partial charge in [-0.1, -0.05) is 0 Å². The fraction of sp³-hybridized carbons (Fsp3) is 0.824. The second-order valence-electron chi connectivity index (χ2n) is 8.02. The Bertz CT molecular complexity index is 482. The molecule has 1 N–H and O–H groups in total. The van der Waals surface area contributed by atoms with Crippen molar-refractivity contribution in [2.75, 3.05) is 6.54 Å². The van der Waals surface area contributed by atoms with E-state index in [-0.39, 0.29) is 36.6 Å². The van der Waals surface area contributed by atoms with Gasteiger partial charge in [-0.05, 0) is 47.5 Å². The number of esters is 2. The largest absolute Gasteiger partial charge is 0.460 e. The fourth-order valence-corrected chi connectivity index (χ4v) is 2.68. The molecule has 1 aliphatic rings. The molecule has 0 radical (unpaired) electrons. The number of nitrogens with zero attached hydrogens (tertiary/aromatic N) is 1. The zero-order valence-electron chi connectivity index (χ0n) is 14.9. The molecule has 1 rings (SSSR count). The van der Waals surface area contributed by atoms with Crippen LogP contribution in [0.4, 0.5) is 0 Å². The first kappa shape index (κ1) is 19.4. The number of ether oxygens (including phenoxy) is 2. The summed E-state index contributed by atoms with van der Waals surface area (Å²) >= 11 is 0. The van der Waals surface area contributed by atoms with E-state index in [2.05, 4.69) is 11.4 Å². The van der Waals surface area contributed by atoms with Crippen LogP contribution in [0.5, 0.6) is 0 Å². The van der Waals surface area contributed by atoms with E-state index < -0.39 is 17.2 Å². The van der Waals surface area contributed by atoms with Gasteiger partial charge in [0, 0.05) is 18.9 Å². The maximum Gasteiger partial charge on any atom is 0.306 e. The van der Waals surface area contributed by atoms with Crippen LogP contribution in [-0.4, -0.2) is 35.7 Å². The minimum absolute atomic E-state index is 0.109. The van der Waals surface area contributed by atoms with Crippen molar-refractivity contribution in [3.63, 3.8) is 0 Å². The van der Waals surface area contributed by atoms with Gasteiger partial charge in [0.2, 0.25) is 0 Å². The van der Waals surface area contributed by atoms with Gasteiger partial charge in [-0.3, -0.25) is 9.59 Å².